The summed E-state index contributed by atoms with van der Waals surface area (Å²) in [6, 6.07) is 7.87. The maximum Gasteiger partial charge on any atom is 0.220 e. The Kier molecular flexibility index (Phi) is 9.83. The monoisotopic (exact) mass is 485 g/mol. The molecule has 192 valence electrons. The fourth-order valence-electron chi connectivity index (χ4n) is 4.83. The minimum Gasteiger partial charge on any atom is -0.481 e. The summed E-state index contributed by atoms with van der Waals surface area (Å²) in [5.74, 6) is 1.56. The number of aliphatic hydroxyl groups excluding tert-OH is 1. The molecule has 1 amide bonds. The van der Waals surface area contributed by atoms with E-state index in [0.29, 0.717) is 18.2 Å². The van der Waals surface area contributed by atoms with Crippen LogP contribution in [0.5, 0.6) is 11.8 Å². The van der Waals surface area contributed by atoms with Crippen LogP contribution in [0.3, 0.4) is 0 Å². The molecule has 5 heterocycles. The Hall–Kier alpha value is -2.75. The molecule has 0 bridgehead atoms. The third kappa shape index (κ3) is 7.13. The van der Waals surface area contributed by atoms with Gasteiger partial charge in [0.05, 0.1) is 25.9 Å². The summed E-state index contributed by atoms with van der Waals surface area (Å²) in [4.78, 5) is 24.1. The van der Waals surface area contributed by atoms with Crippen molar-refractivity contribution in [2.75, 3.05) is 40.4 Å². The topological polar surface area (TPSA) is 100 Å². The van der Waals surface area contributed by atoms with E-state index in [9.17, 15) is 9.90 Å². The van der Waals surface area contributed by atoms with Crippen molar-refractivity contribution in [3.05, 3.63) is 47.8 Å². The first-order valence-corrected chi connectivity index (χ1v) is 12.4. The fraction of sp³-hybridized carbons (Fsp3) is 0.577. The number of methoxy groups -OCH3 is 2. The van der Waals surface area contributed by atoms with Gasteiger partial charge >= 0.3 is 0 Å². The molecule has 5 rings (SSSR count). The number of aromatic nitrogens is 2. The lowest BCUT2D eigenvalue weighted by atomic mass is 9.88. The second-order valence-electron chi connectivity index (χ2n) is 8.99. The van der Waals surface area contributed by atoms with E-state index < -0.39 is 0 Å². The van der Waals surface area contributed by atoms with E-state index in [4.69, 9.17) is 9.47 Å². The third-order valence-corrected chi connectivity index (χ3v) is 6.41. The van der Waals surface area contributed by atoms with Crippen molar-refractivity contribution in [1.29, 1.82) is 0 Å². The number of ether oxygens (including phenoxy) is 2. The number of likely N-dealkylation sites (tertiary alicyclic amines) is 2. The summed E-state index contributed by atoms with van der Waals surface area (Å²) in [5, 5.41) is 12.5. The zero-order chi connectivity index (χ0) is 25.3. The number of nitrogens with zero attached hydrogens (tertiary/aromatic N) is 4. The van der Waals surface area contributed by atoms with Crippen LogP contribution >= 0.6 is 0 Å². The van der Waals surface area contributed by atoms with Crippen LogP contribution in [-0.4, -0.2) is 82.8 Å². The summed E-state index contributed by atoms with van der Waals surface area (Å²) in [6.07, 6.45) is 5.78. The van der Waals surface area contributed by atoms with Gasteiger partial charge in [0.25, 0.3) is 0 Å². The lowest BCUT2D eigenvalue weighted by Gasteiger charge is -2.48. The quantitative estimate of drug-likeness (QED) is 0.643. The van der Waals surface area contributed by atoms with E-state index in [0.717, 1.165) is 63.2 Å². The zero-order valence-corrected chi connectivity index (χ0v) is 21.4. The lowest BCUT2D eigenvalue weighted by molar-refractivity contribution is -0.120. The molecule has 3 aliphatic heterocycles. The largest absolute Gasteiger partial charge is 0.481 e. The predicted molar refractivity (Wildman–Crippen MR) is 134 cm³/mol. The maximum absolute atomic E-state index is 11.3. The van der Waals surface area contributed by atoms with Gasteiger partial charge in [-0.05, 0) is 25.0 Å². The zero-order valence-electron chi connectivity index (χ0n) is 21.4. The van der Waals surface area contributed by atoms with E-state index in [1.54, 1.807) is 26.6 Å². The molecule has 3 saturated heterocycles. The maximum atomic E-state index is 11.3. The first-order chi connectivity index (χ1) is 17.0. The van der Waals surface area contributed by atoms with Crippen LogP contribution < -0.4 is 14.8 Å². The van der Waals surface area contributed by atoms with E-state index in [2.05, 4.69) is 25.1 Å². The number of pyridine rings is 2. The molecule has 2 aromatic heterocycles. The number of rotatable bonds is 6. The molecule has 3 aliphatic rings. The van der Waals surface area contributed by atoms with Gasteiger partial charge in [0.15, 0.2) is 0 Å². The minimum atomic E-state index is -0.173. The van der Waals surface area contributed by atoms with Crippen LogP contribution in [0.2, 0.25) is 0 Å². The van der Waals surface area contributed by atoms with Crippen LogP contribution in [0, 0.1) is 0 Å². The highest BCUT2D eigenvalue weighted by Crippen LogP contribution is 2.32. The lowest BCUT2D eigenvalue weighted by Crippen LogP contribution is -2.66. The smallest absolute Gasteiger partial charge is 0.220 e. The van der Waals surface area contributed by atoms with Crippen LogP contribution in [0.15, 0.2) is 36.7 Å². The Morgan fingerprint density at radius 2 is 1.60 bits per heavy atom. The predicted octanol–water partition coefficient (Wildman–Crippen LogP) is 2.24. The summed E-state index contributed by atoms with van der Waals surface area (Å²) >= 11 is 0. The molecule has 0 unspecified atom stereocenters. The highest BCUT2D eigenvalue weighted by molar-refractivity contribution is 5.79. The van der Waals surface area contributed by atoms with Crippen LogP contribution in [0.4, 0.5) is 0 Å². The average molecular weight is 486 g/mol. The molecular formula is C26H39N5O4. The molecule has 0 saturated carbocycles. The van der Waals surface area contributed by atoms with Gasteiger partial charge in [0.1, 0.15) is 0 Å². The third-order valence-electron chi connectivity index (χ3n) is 6.41. The van der Waals surface area contributed by atoms with Crippen molar-refractivity contribution < 1.29 is 19.4 Å². The molecule has 2 aromatic rings. The summed E-state index contributed by atoms with van der Waals surface area (Å²) in [7, 11) is 3.27. The number of hydrogen-bond donors (Lipinski definition) is 2. The van der Waals surface area contributed by atoms with Crippen molar-refractivity contribution in [3.63, 3.8) is 0 Å². The normalized spacial score (nSPS) is 20.7. The molecule has 9 heteroatoms. The number of β-amino-alcohol motifs (C(OH)–C–C–N with tert-alkyl or cyclic N) is 1. The highest BCUT2D eigenvalue weighted by atomic mass is 16.5. The number of carbonyl (C=O) groups is 1. The Morgan fingerprint density at radius 1 is 1.03 bits per heavy atom. The van der Waals surface area contributed by atoms with E-state index in [-0.39, 0.29) is 17.6 Å². The number of nitrogens with one attached hydrogen (secondary N) is 1. The fourth-order valence-corrected chi connectivity index (χ4v) is 4.83. The first-order valence-electron chi connectivity index (χ1n) is 12.4. The molecule has 0 aliphatic carbocycles. The molecular weight excluding hydrogens is 446 g/mol. The van der Waals surface area contributed by atoms with Crippen LogP contribution in [-0.2, 0) is 17.9 Å². The molecule has 3 fully saturated rings. The van der Waals surface area contributed by atoms with Crippen molar-refractivity contribution in [3.8, 4) is 11.8 Å². The van der Waals surface area contributed by atoms with E-state index in [1.807, 2.05) is 38.1 Å². The van der Waals surface area contributed by atoms with Gasteiger partial charge in [0, 0.05) is 69.2 Å². The van der Waals surface area contributed by atoms with Gasteiger partial charge in [0.2, 0.25) is 17.7 Å². The highest BCUT2D eigenvalue weighted by Gasteiger charge is 2.47. The van der Waals surface area contributed by atoms with Gasteiger partial charge in [-0.25, -0.2) is 9.97 Å². The van der Waals surface area contributed by atoms with Crippen molar-refractivity contribution in [2.45, 2.75) is 57.8 Å². The van der Waals surface area contributed by atoms with Gasteiger partial charge in [-0.3, -0.25) is 14.6 Å². The molecule has 35 heavy (non-hydrogen) atoms. The Labute approximate surface area is 208 Å². The van der Waals surface area contributed by atoms with Crippen molar-refractivity contribution >= 4 is 5.91 Å². The molecule has 0 aromatic carbocycles. The summed E-state index contributed by atoms with van der Waals surface area (Å²) in [6.45, 7) is 9.17. The number of amides is 1. The SMILES string of the molecule is CC.COc1ncccc1CN1CC2(CCC(=O)N2)C1.COc1ncccc1CN1CC[C@H](O)C1. The Balaban J connectivity index is 0.000000186. The minimum absolute atomic E-state index is 0.0481. The average Bonchev–Trinajstić information content (AvgIpc) is 3.46. The van der Waals surface area contributed by atoms with E-state index in [1.165, 1.54) is 0 Å². The standard InChI is InChI=1S/C13H17N3O2.C11H16N2O2.C2H6/c1-18-12-10(3-2-6-14-12)7-16-8-13(9-16)5-4-11(17)15-13;1-15-11-9(3-2-5-12-11)7-13-6-4-10(14)8-13;1-2/h2-3,6H,4-5,7-9H2,1H3,(H,15,17);2-3,5,10,14H,4,6-8H2,1H3;1-2H3/t;10-;/m.0./s1. The summed E-state index contributed by atoms with van der Waals surface area (Å²) < 4.78 is 10.4. The number of carbonyl (C=O) groups excluding carboxylic acids is 1. The van der Waals surface area contributed by atoms with Gasteiger partial charge in [-0.2, -0.15) is 0 Å². The first kappa shape index (κ1) is 26.8. The second kappa shape index (κ2) is 12.8. The Morgan fingerprint density at radius 3 is 2.06 bits per heavy atom. The van der Waals surface area contributed by atoms with Crippen molar-refractivity contribution in [2.24, 2.45) is 0 Å². The molecule has 1 spiro atoms. The number of hydrogen-bond acceptors (Lipinski definition) is 8. The van der Waals surface area contributed by atoms with E-state index >= 15 is 0 Å². The molecule has 0 radical (unpaired) electrons. The van der Waals surface area contributed by atoms with Gasteiger partial charge < -0.3 is 19.9 Å². The summed E-state index contributed by atoms with van der Waals surface area (Å²) in [5.41, 5.74) is 2.22. The van der Waals surface area contributed by atoms with Crippen LogP contribution in [0.1, 0.15) is 44.2 Å². The molecule has 9 nitrogen and oxygen atoms in total. The Bertz CT molecular complexity index is 951. The number of aliphatic hydroxyl groups is 1. The van der Waals surface area contributed by atoms with Gasteiger partial charge in [-0.15, -0.1) is 0 Å². The second-order valence-corrected chi connectivity index (χ2v) is 8.99. The molecule has 2 N–H and O–H groups in total. The van der Waals surface area contributed by atoms with Crippen molar-refractivity contribution in [1.82, 2.24) is 25.1 Å². The van der Waals surface area contributed by atoms with Crippen LogP contribution in [0.25, 0.3) is 0 Å². The van der Waals surface area contributed by atoms with Gasteiger partial charge in [-0.1, -0.05) is 26.0 Å². The molecule has 1 atom stereocenters.